The molecule has 1 aliphatic rings. The molecule has 3 aromatic rings. The SMILES string of the molecule is O=C1C(=O)N(c2ccc(Cl)cc2)C(c2ccc(O)cc2)/C1=C(\O)c1ccc(Cl)cc1. The Bertz CT molecular complexity index is 1150. The third kappa shape index (κ3) is 3.54. The fourth-order valence-corrected chi connectivity index (χ4v) is 3.69. The van der Waals surface area contributed by atoms with E-state index in [0.29, 0.717) is 26.9 Å². The van der Waals surface area contributed by atoms with Crippen LogP contribution in [0.2, 0.25) is 10.0 Å². The average molecular weight is 440 g/mol. The lowest BCUT2D eigenvalue weighted by Gasteiger charge is -2.25. The van der Waals surface area contributed by atoms with Crippen molar-refractivity contribution in [2.24, 2.45) is 0 Å². The van der Waals surface area contributed by atoms with Crippen molar-refractivity contribution in [3.63, 3.8) is 0 Å². The third-order valence-electron chi connectivity index (χ3n) is 4.88. The summed E-state index contributed by atoms with van der Waals surface area (Å²) in [5.41, 5.74) is 1.31. The lowest BCUT2D eigenvalue weighted by molar-refractivity contribution is -0.132. The summed E-state index contributed by atoms with van der Waals surface area (Å²) in [5, 5.41) is 21.6. The van der Waals surface area contributed by atoms with E-state index in [1.165, 1.54) is 17.0 Å². The first-order valence-corrected chi connectivity index (χ1v) is 9.74. The Morgan fingerprint density at radius 2 is 1.33 bits per heavy atom. The molecule has 1 atom stereocenters. The van der Waals surface area contributed by atoms with Gasteiger partial charge in [-0.3, -0.25) is 14.5 Å². The van der Waals surface area contributed by atoms with Crippen LogP contribution in [0.4, 0.5) is 5.69 Å². The Hall–Kier alpha value is -3.28. The number of Topliss-reactive ketones (excluding diaryl/α,β-unsaturated/α-hetero) is 1. The predicted molar refractivity (Wildman–Crippen MR) is 116 cm³/mol. The van der Waals surface area contributed by atoms with E-state index in [2.05, 4.69) is 0 Å². The number of halogens is 2. The predicted octanol–water partition coefficient (Wildman–Crippen LogP) is 5.33. The molecular formula is C23H15Cl2NO4. The van der Waals surface area contributed by atoms with Gasteiger partial charge in [0.25, 0.3) is 11.7 Å². The second-order valence-electron chi connectivity index (χ2n) is 6.74. The molecule has 0 radical (unpaired) electrons. The van der Waals surface area contributed by atoms with Gasteiger partial charge in [0.15, 0.2) is 0 Å². The fraction of sp³-hybridized carbons (Fsp3) is 0.0435. The van der Waals surface area contributed by atoms with E-state index in [4.69, 9.17) is 23.2 Å². The number of aromatic hydroxyl groups is 1. The maximum absolute atomic E-state index is 13.0. The van der Waals surface area contributed by atoms with Gasteiger partial charge in [-0.05, 0) is 66.2 Å². The van der Waals surface area contributed by atoms with Crippen molar-refractivity contribution in [1.82, 2.24) is 0 Å². The number of amides is 1. The normalized spacial score (nSPS) is 18.1. The molecule has 0 saturated carbocycles. The van der Waals surface area contributed by atoms with Crippen LogP contribution in [-0.2, 0) is 9.59 Å². The van der Waals surface area contributed by atoms with Crippen LogP contribution in [0.15, 0.2) is 78.4 Å². The zero-order chi connectivity index (χ0) is 21.4. The van der Waals surface area contributed by atoms with Crippen LogP contribution in [0.3, 0.4) is 0 Å². The maximum Gasteiger partial charge on any atom is 0.300 e. The van der Waals surface area contributed by atoms with Gasteiger partial charge < -0.3 is 10.2 Å². The number of hydrogen-bond donors (Lipinski definition) is 2. The second kappa shape index (κ2) is 7.86. The summed E-state index contributed by atoms with van der Waals surface area (Å²) >= 11 is 11.9. The molecule has 1 saturated heterocycles. The van der Waals surface area contributed by atoms with Crippen LogP contribution in [0.25, 0.3) is 5.76 Å². The highest BCUT2D eigenvalue weighted by molar-refractivity contribution is 6.51. The first kappa shape index (κ1) is 20.0. The smallest absolute Gasteiger partial charge is 0.300 e. The monoisotopic (exact) mass is 439 g/mol. The number of rotatable bonds is 3. The number of aliphatic hydroxyl groups is 1. The molecule has 1 unspecified atom stereocenters. The Morgan fingerprint density at radius 3 is 1.90 bits per heavy atom. The van der Waals surface area contributed by atoms with Gasteiger partial charge in [-0.1, -0.05) is 35.3 Å². The van der Waals surface area contributed by atoms with Crippen LogP contribution in [0.1, 0.15) is 17.2 Å². The molecule has 1 amide bonds. The Balaban J connectivity index is 1.93. The van der Waals surface area contributed by atoms with Gasteiger partial charge in [-0.25, -0.2) is 0 Å². The van der Waals surface area contributed by atoms with E-state index in [9.17, 15) is 19.8 Å². The zero-order valence-electron chi connectivity index (χ0n) is 15.4. The molecule has 0 bridgehead atoms. The van der Waals surface area contributed by atoms with Crippen LogP contribution in [-0.4, -0.2) is 21.9 Å². The molecule has 0 aliphatic carbocycles. The van der Waals surface area contributed by atoms with Gasteiger partial charge in [-0.2, -0.15) is 0 Å². The molecular weight excluding hydrogens is 425 g/mol. The maximum atomic E-state index is 13.0. The Labute approximate surface area is 182 Å². The van der Waals surface area contributed by atoms with Gasteiger partial charge in [0, 0.05) is 21.3 Å². The van der Waals surface area contributed by atoms with Gasteiger partial charge in [0.05, 0.1) is 11.6 Å². The third-order valence-corrected chi connectivity index (χ3v) is 5.38. The van der Waals surface area contributed by atoms with Crippen LogP contribution in [0, 0.1) is 0 Å². The van der Waals surface area contributed by atoms with Gasteiger partial charge >= 0.3 is 0 Å². The summed E-state index contributed by atoms with van der Waals surface area (Å²) in [5.74, 6) is -1.85. The number of aliphatic hydroxyl groups excluding tert-OH is 1. The molecule has 7 heteroatoms. The number of anilines is 1. The number of phenolic OH excluding ortho intramolecular Hbond substituents is 1. The minimum Gasteiger partial charge on any atom is -0.508 e. The molecule has 30 heavy (non-hydrogen) atoms. The topological polar surface area (TPSA) is 77.8 Å². The quantitative estimate of drug-likeness (QED) is 0.328. The number of benzene rings is 3. The van der Waals surface area contributed by atoms with Gasteiger partial charge in [0.1, 0.15) is 11.5 Å². The molecule has 1 aliphatic heterocycles. The minimum absolute atomic E-state index is 0.0416. The summed E-state index contributed by atoms with van der Waals surface area (Å²) in [4.78, 5) is 27.3. The first-order chi connectivity index (χ1) is 14.4. The van der Waals surface area contributed by atoms with Gasteiger partial charge in [-0.15, -0.1) is 0 Å². The van der Waals surface area contributed by atoms with Crippen LogP contribution >= 0.6 is 23.2 Å². The minimum atomic E-state index is -0.887. The summed E-state index contributed by atoms with van der Waals surface area (Å²) in [6, 6.07) is 18.0. The highest BCUT2D eigenvalue weighted by Crippen LogP contribution is 2.42. The Morgan fingerprint density at radius 1 is 0.800 bits per heavy atom. The number of ketones is 1. The van der Waals surface area contributed by atoms with Crippen molar-refractivity contribution < 1.29 is 19.8 Å². The molecule has 3 aromatic carbocycles. The molecule has 0 spiro atoms. The lowest BCUT2D eigenvalue weighted by Crippen LogP contribution is -2.29. The van der Waals surface area contributed by atoms with E-state index in [1.807, 2.05) is 0 Å². The van der Waals surface area contributed by atoms with Crippen molar-refractivity contribution in [2.45, 2.75) is 6.04 Å². The first-order valence-electron chi connectivity index (χ1n) is 8.98. The fourth-order valence-electron chi connectivity index (χ4n) is 3.44. The van der Waals surface area contributed by atoms with E-state index in [1.54, 1.807) is 60.7 Å². The molecule has 150 valence electrons. The average Bonchev–Trinajstić information content (AvgIpc) is 3.00. The summed E-state index contributed by atoms with van der Waals surface area (Å²) < 4.78 is 0. The van der Waals surface area contributed by atoms with E-state index < -0.39 is 17.7 Å². The van der Waals surface area contributed by atoms with Crippen molar-refractivity contribution in [3.05, 3.63) is 99.5 Å². The summed E-state index contributed by atoms with van der Waals surface area (Å²) in [6.45, 7) is 0. The van der Waals surface area contributed by atoms with E-state index >= 15 is 0 Å². The molecule has 1 heterocycles. The standard InChI is InChI=1S/C23H15Cl2NO4/c24-15-5-1-14(2-6-15)21(28)19-20(13-3-11-18(27)12-4-13)26(23(30)22(19)29)17-9-7-16(25)8-10-17/h1-12,20,27-28H/b21-19+. The number of hydrogen-bond acceptors (Lipinski definition) is 4. The second-order valence-corrected chi connectivity index (χ2v) is 7.62. The van der Waals surface area contributed by atoms with Crippen molar-refractivity contribution >= 4 is 46.3 Å². The largest absolute Gasteiger partial charge is 0.508 e. The lowest BCUT2D eigenvalue weighted by atomic mass is 9.95. The number of phenols is 1. The summed E-state index contributed by atoms with van der Waals surface area (Å²) in [6.07, 6.45) is 0. The Kier molecular flexibility index (Phi) is 5.24. The van der Waals surface area contributed by atoms with Gasteiger partial charge in [0.2, 0.25) is 0 Å². The summed E-state index contributed by atoms with van der Waals surface area (Å²) in [7, 11) is 0. The molecule has 0 aromatic heterocycles. The van der Waals surface area contributed by atoms with E-state index in [-0.39, 0.29) is 17.1 Å². The van der Waals surface area contributed by atoms with Crippen molar-refractivity contribution in [1.29, 1.82) is 0 Å². The highest BCUT2D eigenvalue weighted by Gasteiger charge is 2.46. The molecule has 2 N–H and O–H groups in total. The molecule has 4 rings (SSSR count). The van der Waals surface area contributed by atoms with Crippen LogP contribution < -0.4 is 4.90 Å². The highest BCUT2D eigenvalue weighted by atomic mass is 35.5. The number of nitrogens with zero attached hydrogens (tertiary/aromatic N) is 1. The number of carbonyl (C=O) groups excluding carboxylic acids is 2. The molecule has 1 fully saturated rings. The number of carbonyl (C=O) groups is 2. The zero-order valence-corrected chi connectivity index (χ0v) is 16.9. The van der Waals surface area contributed by atoms with Crippen LogP contribution in [0.5, 0.6) is 5.75 Å². The van der Waals surface area contributed by atoms with Crippen molar-refractivity contribution in [2.75, 3.05) is 4.90 Å². The van der Waals surface area contributed by atoms with E-state index in [0.717, 1.165) is 0 Å². The van der Waals surface area contributed by atoms with Crippen molar-refractivity contribution in [3.8, 4) is 5.75 Å². The molecule has 5 nitrogen and oxygen atoms in total.